The summed E-state index contributed by atoms with van der Waals surface area (Å²) in [6.45, 7) is 2.03. The largest absolute Gasteiger partial charge is 0.381 e. The Hall–Kier alpha value is -1.88. The van der Waals surface area contributed by atoms with Gasteiger partial charge in [-0.05, 0) is 35.9 Å². The third-order valence-corrected chi connectivity index (χ3v) is 3.42. The highest BCUT2D eigenvalue weighted by atomic mass is 79.9. The van der Waals surface area contributed by atoms with E-state index in [1.54, 1.807) is 6.07 Å². The van der Waals surface area contributed by atoms with E-state index in [9.17, 15) is 9.18 Å². The first-order valence-electron chi connectivity index (χ1n) is 6.10. The van der Waals surface area contributed by atoms with Gasteiger partial charge in [-0.2, -0.15) is 0 Å². The van der Waals surface area contributed by atoms with E-state index in [1.165, 1.54) is 19.1 Å². The minimum Gasteiger partial charge on any atom is -0.381 e. The zero-order valence-corrected chi connectivity index (χ0v) is 12.5. The molecule has 20 heavy (non-hydrogen) atoms. The molecule has 104 valence electrons. The van der Waals surface area contributed by atoms with Gasteiger partial charge in [0.1, 0.15) is 5.82 Å². The maximum atomic E-state index is 13.0. The summed E-state index contributed by atoms with van der Waals surface area (Å²) in [5.41, 5.74) is 2.57. The van der Waals surface area contributed by atoms with Gasteiger partial charge in [-0.1, -0.05) is 28.1 Å². The molecular formula is C15H14BrFN2O. The van der Waals surface area contributed by atoms with Crippen LogP contribution in [-0.4, -0.2) is 5.91 Å². The van der Waals surface area contributed by atoms with Crippen molar-refractivity contribution in [2.75, 3.05) is 10.6 Å². The second-order valence-corrected chi connectivity index (χ2v) is 5.21. The summed E-state index contributed by atoms with van der Waals surface area (Å²) in [5, 5.41) is 5.96. The third-order valence-electron chi connectivity index (χ3n) is 2.68. The average molecular weight is 337 g/mol. The Labute approximate surface area is 125 Å². The van der Waals surface area contributed by atoms with Crippen molar-refractivity contribution in [3.63, 3.8) is 0 Å². The van der Waals surface area contributed by atoms with Crippen molar-refractivity contribution < 1.29 is 9.18 Å². The van der Waals surface area contributed by atoms with E-state index in [4.69, 9.17) is 0 Å². The van der Waals surface area contributed by atoms with Crippen LogP contribution in [0.1, 0.15) is 12.5 Å². The molecule has 0 saturated carbocycles. The number of carbonyl (C=O) groups is 1. The van der Waals surface area contributed by atoms with Crippen LogP contribution in [0.25, 0.3) is 0 Å². The van der Waals surface area contributed by atoms with Crippen molar-refractivity contribution >= 4 is 33.2 Å². The monoisotopic (exact) mass is 336 g/mol. The highest BCUT2D eigenvalue weighted by Crippen LogP contribution is 2.20. The molecule has 0 saturated heterocycles. The van der Waals surface area contributed by atoms with Gasteiger partial charge in [0.25, 0.3) is 0 Å². The molecule has 2 rings (SSSR count). The number of nitrogens with one attached hydrogen (secondary N) is 2. The quantitative estimate of drug-likeness (QED) is 0.880. The van der Waals surface area contributed by atoms with E-state index in [1.807, 2.05) is 24.3 Å². The number of anilines is 2. The van der Waals surface area contributed by atoms with Gasteiger partial charge in [-0.25, -0.2) is 4.39 Å². The molecule has 2 N–H and O–H groups in total. The highest BCUT2D eigenvalue weighted by molar-refractivity contribution is 9.10. The van der Waals surface area contributed by atoms with Crippen LogP contribution in [0.3, 0.4) is 0 Å². The topological polar surface area (TPSA) is 41.1 Å². The van der Waals surface area contributed by atoms with Gasteiger partial charge in [-0.3, -0.25) is 4.79 Å². The van der Waals surface area contributed by atoms with Gasteiger partial charge in [0.05, 0.1) is 0 Å². The third kappa shape index (κ3) is 4.06. The molecule has 0 aliphatic rings. The fourth-order valence-corrected chi connectivity index (χ4v) is 2.26. The molecule has 0 atom stereocenters. The van der Waals surface area contributed by atoms with Gasteiger partial charge < -0.3 is 10.6 Å². The van der Waals surface area contributed by atoms with Gasteiger partial charge in [0.15, 0.2) is 0 Å². The van der Waals surface area contributed by atoms with Gasteiger partial charge in [0, 0.05) is 29.3 Å². The molecule has 0 unspecified atom stereocenters. The summed E-state index contributed by atoms with van der Waals surface area (Å²) in [6, 6.07) is 12.0. The number of hydrogen-bond donors (Lipinski definition) is 2. The number of halogens is 2. The van der Waals surface area contributed by atoms with Crippen LogP contribution in [0.5, 0.6) is 0 Å². The van der Waals surface area contributed by atoms with Crippen LogP contribution < -0.4 is 10.6 Å². The molecule has 2 aromatic rings. The Morgan fingerprint density at radius 2 is 1.95 bits per heavy atom. The lowest BCUT2D eigenvalue weighted by molar-refractivity contribution is -0.114. The fraction of sp³-hybridized carbons (Fsp3) is 0.133. The van der Waals surface area contributed by atoms with E-state index in [0.717, 1.165) is 21.4 Å². The van der Waals surface area contributed by atoms with Crippen molar-refractivity contribution in [3.8, 4) is 0 Å². The van der Waals surface area contributed by atoms with Crippen LogP contribution >= 0.6 is 15.9 Å². The molecule has 3 nitrogen and oxygen atoms in total. The first-order chi connectivity index (χ1) is 9.54. The minimum absolute atomic E-state index is 0.108. The average Bonchev–Trinajstić information content (AvgIpc) is 2.37. The normalized spacial score (nSPS) is 10.2. The maximum Gasteiger partial charge on any atom is 0.221 e. The molecule has 0 bridgehead atoms. The number of benzene rings is 2. The Morgan fingerprint density at radius 3 is 2.65 bits per heavy atom. The van der Waals surface area contributed by atoms with Crippen LogP contribution in [-0.2, 0) is 11.3 Å². The Kier molecular flexibility index (Phi) is 4.74. The molecular weight excluding hydrogens is 323 g/mol. The van der Waals surface area contributed by atoms with Crippen molar-refractivity contribution in [2.45, 2.75) is 13.5 Å². The first kappa shape index (κ1) is 14.5. The number of hydrogen-bond acceptors (Lipinski definition) is 2. The summed E-state index contributed by atoms with van der Waals surface area (Å²) in [5.74, 6) is -0.378. The summed E-state index contributed by atoms with van der Waals surface area (Å²) >= 11 is 3.33. The van der Waals surface area contributed by atoms with Gasteiger partial charge in [0.2, 0.25) is 5.91 Å². The first-order valence-corrected chi connectivity index (χ1v) is 6.89. The highest BCUT2D eigenvalue weighted by Gasteiger charge is 2.02. The Bertz CT molecular complexity index is 631. The summed E-state index contributed by atoms with van der Waals surface area (Å²) in [6.07, 6.45) is 0. The maximum absolute atomic E-state index is 13.0. The standard InChI is InChI=1S/C15H14BrFN2O/c1-10(20)19-14-4-2-3-13(8-14)18-9-11-5-6-12(17)7-15(11)16/h2-8,18H,9H2,1H3,(H,19,20). The number of rotatable bonds is 4. The summed E-state index contributed by atoms with van der Waals surface area (Å²) in [4.78, 5) is 11.0. The van der Waals surface area contributed by atoms with Crippen molar-refractivity contribution in [1.82, 2.24) is 0 Å². The van der Waals surface area contributed by atoms with E-state index in [2.05, 4.69) is 26.6 Å². The van der Waals surface area contributed by atoms with E-state index in [-0.39, 0.29) is 11.7 Å². The zero-order valence-electron chi connectivity index (χ0n) is 10.9. The predicted octanol–water partition coefficient (Wildman–Crippen LogP) is 4.16. The van der Waals surface area contributed by atoms with Crippen LogP contribution in [0.2, 0.25) is 0 Å². The molecule has 0 aliphatic heterocycles. The van der Waals surface area contributed by atoms with Crippen molar-refractivity contribution in [2.24, 2.45) is 0 Å². The van der Waals surface area contributed by atoms with E-state index in [0.29, 0.717) is 6.54 Å². The summed E-state index contributed by atoms with van der Waals surface area (Å²) in [7, 11) is 0. The second kappa shape index (κ2) is 6.52. The number of amides is 1. The van der Waals surface area contributed by atoms with Gasteiger partial charge in [-0.15, -0.1) is 0 Å². The zero-order chi connectivity index (χ0) is 14.5. The van der Waals surface area contributed by atoms with Crippen LogP contribution in [0.4, 0.5) is 15.8 Å². The molecule has 0 aromatic heterocycles. The lowest BCUT2D eigenvalue weighted by Gasteiger charge is -2.10. The SMILES string of the molecule is CC(=O)Nc1cccc(NCc2ccc(F)cc2Br)c1. The molecule has 2 aromatic carbocycles. The molecule has 0 heterocycles. The van der Waals surface area contributed by atoms with Crippen molar-refractivity contribution in [3.05, 3.63) is 58.3 Å². The molecule has 0 fully saturated rings. The minimum atomic E-state index is -0.270. The molecule has 5 heteroatoms. The Morgan fingerprint density at radius 1 is 1.20 bits per heavy atom. The fourth-order valence-electron chi connectivity index (χ4n) is 1.77. The second-order valence-electron chi connectivity index (χ2n) is 4.35. The molecule has 0 radical (unpaired) electrons. The lowest BCUT2D eigenvalue weighted by atomic mass is 10.2. The smallest absolute Gasteiger partial charge is 0.221 e. The van der Waals surface area contributed by atoms with E-state index >= 15 is 0 Å². The lowest BCUT2D eigenvalue weighted by Crippen LogP contribution is -2.06. The van der Waals surface area contributed by atoms with Crippen LogP contribution in [0.15, 0.2) is 46.9 Å². The van der Waals surface area contributed by atoms with Gasteiger partial charge >= 0.3 is 0 Å². The number of carbonyl (C=O) groups excluding carboxylic acids is 1. The summed E-state index contributed by atoms with van der Waals surface area (Å²) < 4.78 is 13.7. The van der Waals surface area contributed by atoms with Crippen LogP contribution in [0, 0.1) is 5.82 Å². The molecule has 0 aliphatic carbocycles. The van der Waals surface area contributed by atoms with Crippen molar-refractivity contribution in [1.29, 1.82) is 0 Å². The molecule has 0 spiro atoms. The predicted molar refractivity (Wildman–Crippen MR) is 82.2 cm³/mol. The Balaban J connectivity index is 2.05. The molecule has 1 amide bonds. The van der Waals surface area contributed by atoms with E-state index < -0.39 is 0 Å².